The van der Waals surface area contributed by atoms with Crippen molar-refractivity contribution in [2.24, 2.45) is 0 Å². The van der Waals surface area contributed by atoms with Crippen LogP contribution in [0.2, 0.25) is 0 Å². The molecule has 1 fully saturated rings. The second-order valence-corrected chi connectivity index (χ2v) is 2.16. The van der Waals surface area contributed by atoms with E-state index >= 15 is 0 Å². The number of carbonyl (C=O) groups is 2. The van der Waals surface area contributed by atoms with Crippen molar-refractivity contribution in [3.05, 3.63) is 0 Å². The maximum Gasteiger partial charge on any atom is 0.268 e. The SMILES string of the molecule is O=C1CC(O)C(=O)N1S. The van der Waals surface area contributed by atoms with Gasteiger partial charge in [-0.05, 0) is 0 Å². The zero-order valence-electron chi connectivity index (χ0n) is 4.44. The fraction of sp³-hybridized carbons (Fsp3) is 0.500. The van der Waals surface area contributed by atoms with E-state index in [0.29, 0.717) is 4.31 Å². The van der Waals surface area contributed by atoms with Gasteiger partial charge in [-0.1, -0.05) is 12.8 Å². The molecule has 1 saturated heterocycles. The molecule has 1 unspecified atom stereocenters. The van der Waals surface area contributed by atoms with Crippen LogP contribution >= 0.6 is 12.8 Å². The predicted molar refractivity (Wildman–Crippen MR) is 31.5 cm³/mol. The summed E-state index contributed by atoms with van der Waals surface area (Å²) in [6, 6.07) is 0. The van der Waals surface area contributed by atoms with Gasteiger partial charge in [-0.3, -0.25) is 9.59 Å². The maximum atomic E-state index is 10.5. The third kappa shape index (κ3) is 0.927. The van der Waals surface area contributed by atoms with Crippen molar-refractivity contribution in [3.8, 4) is 0 Å². The highest BCUT2D eigenvalue weighted by Gasteiger charge is 2.35. The Hall–Kier alpha value is -0.550. The van der Waals surface area contributed by atoms with Crippen LogP contribution in [-0.2, 0) is 9.59 Å². The molecular formula is C4H5NO3S. The van der Waals surface area contributed by atoms with E-state index in [-0.39, 0.29) is 6.42 Å². The number of thiol groups is 1. The number of amides is 2. The first-order chi connectivity index (χ1) is 4.13. The summed E-state index contributed by atoms with van der Waals surface area (Å²) in [5.41, 5.74) is 0. The smallest absolute Gasteiger partial charge is 0.268 e. The van der Waals surface area contributed by atoms with Gasteiger partial charge in [0.05, 0.1) is 6.42 Å². The molecule has 9 heavy (non-hydrogen) atoms. The highest BCUT2D eigenvalue weighted by atomic mass is 32.1. The normalized spacial score (nSPS) is 27.8. The number of hydrogen-bond acceptors (Lipinski definition) is 4. The van der Waals surface area contributed by atoms with Gasteiger partial charge in [-0.2, -0.15) is 0 Å². The molecule has 5 heteroatoms. The van der Waals surface area contributed by atoms with Crippen LogP contribution in [-0.4, -0.2) is 27.3 Å². The van der Waals surface area contributed by atoms with Gasteiger partial charge in [0, 0.05) is 0 Å². The Bertz CT molecular complexity index is 169. The van der Waals surface area contributed by atoms with Crippen LogP contribution in [0.3, 0.4) is 0 Å². The van der Waals surface area contributed by atoms with Gasteiger partial charge < -0.3 is 5.11 Å². The van der Waals surface area contributed by atoms with E-state index in [1.807, 2.05) is 0 Å². The van der Waals surface area contributed by atoms with Gasteiger partial charge in [-0.15, -0.1) is 0 Å². The molecule has 0 radical (unpaired) electrons. The van der Waals surface area contributed by atoms with Crippen molar-refractivity contribution >= 4 is 24.6 Å². The topological polar surface area (TPSA) is 57.6 Å². The van der Waals surface area contributed by atoms with Gasteiger partial charge in [0.15, 0.2) is 0 Å². The van der Waals surface area contributed by atoms with Crippen molar-refractivity contribution in [1.82, 2.24) is 4.31 Å². The number of aliphatic hydroxyl groups excluding tert-OH is 1. The van der Waals surface area contributed by atoms with Crippen molar-refractivity contribution < 1.29 is 14.7 Å². The van der Waals surface area contributed by atoms with Crippen molar-refractivity contribution in [2.75, 3.05) is 0 Å². The van der Waals surface area contributed by atoms with E-state index in [1.165, 1.54) is 0 Å². The summed E-state index contributed by atoms with van der Waals surface area (Å²) in [6.07, 6.45) is -1.31. The highest BCUT2D eigenvalue weighted by molar-refractivity contribution is 7.79. The molecule has 1 aliphatic rings. The first-order valence-electron chi connectivity index (χ1n) is 2.36. The molecule has 0 aromatic rings. The first kappa shape index (κ1) is 6.57. The maximum absolute atomic E-state index is 10.5. The van der Waals surface area contributed by atoms with Gasteiger partial charge >= 0.3 is 0 Å². The summed E-state index contributed by atoms with van der Waals surface area (Å²) >= 11 is 3.52. The zero-order valence-corrected chi connectivity index (χ0v) is 5.34. The van der Waals surface area contributed by atoms with E-state index in [2.05, 4.69) is 12.8 Å². The summed E-state index contributed by atoms with van der Waals surface area (Å²) in [5, 5.41) is 8.68. The predicted octanol–water partition coefficient (Wildman–Crippen LogP) is -1.05. The second-order valence-electron chi connectivity index (χ2n) is 1.76. The molecule has 0 bridgehead atoms. The van der Waals surface area contributed by atoms with Crippen LogP contribution in [0.15, 0.2) is 0 Å². The van der Waals surface area contributed by atoms with Crippen LogP contribution in [0.25, 0.3) is 0 Å². The fourth-order valence-electron chi connectivity index (χ4n) is 0.603. The van der Waals surface area contributed by atoms with Gasteiger partial charge in [0.25, 0.3) is 5.91 Å². The Morgan fingerprint density at radius 3 is 2.33 bits per heavy atom. The van der Waals surface area contributed by atoms with E-state index in [9.17, 15) is 9.59 Å². The number of nitrogens with zero attached hydrogens (tertiary/aromatic N) is 1. The van der Waals surface area contributed by atoms with Crippen molar-refractivity contribution in [1.29, 1.82) is 0 Å². The molecule has 4 nitrogen and oxygen atoms in total. The van der Waals surface area contributed by atoms with Crippen LogP contribution in [0, 0.1) is 0 Å². The Balaban J connectivity index is 2.77. The Morgan fingerprint density at radius 1 is 1.67 bits per heavy atom. The minimum atomic E-state index is -1.17. The average molecular weight is 147 g/mol. The van der Waals surface area contributed by atoms with E-state index in [1.54, 1.807) is 0 Å². The van der Waals surface area contributed by atoms with Gasteiger partial charge in [0.1, 0.15) is 6.10 Å². The number of aliphatic hydroxyl groups is 1. The second kappa shape index (κ2) is 2.00. The van der Waals surface area contributed by atoms with Gasteiger partial charge in [-0.25, -0.2) is 4.31 Å². The Kier molecular flexibility index (Phi) is 1.46. The third-order valence-corrected chi connectivity index (χ3v) is 1.52. The molecular weight excluding hydrogens is 142 g/mol. The van der Waals surface area contributed by atoms with Crippen molar-refractivity contribution in [3.63, 3.8) is 0 Å². The minimum absolute atomic E-state index is 0.137. The molecule has 0 saturated carbocycles. The largest absolute Gasteiger partial charge is 0.383 e. The van der Waals surface area contributed by atoms with E-state index in [4.69, 9.17) is 5.11 Å². The molecule has 1 heterocycles. The van der Waals surface area contributed by atoms with Crippen LogP contribution < -0.4 is 0 Å². The Morgan fingerprint density at radius 2 is 2.22 bits per heavy atom. The molecule has 1 rings (SSSR count). The number of carbonyl (C=O) groups excluding carboxylic acids is 2. The monoisotopic (exact) mass is 147 g/mol. The van der Waals surface area contributed by atoms with E-state index in [0.717, 1.165) is 0 Å². The highest BCUT2D eigenvalue weighted by Crippen LogP contribution is 2.13. The first-order valence-corrected chi connectivity index (χ1v) is 2.76. The average Bonchev–Trinajstić information content (AvgIpc) is 1.98. The van der Waals surface area contributed by atoms with Crippen LogP contribution in [0.4, 0.5) is 0 Å². The summed E-state index contributed by atoms with van der Waals surface area (Å²) in [7, 11) is 0. The van der Waals surface area contributed by atoms with E-state index < -0.39 is 17.9 Å². The lowest BCUT2D eigenvalue weighted by atomic mass is 10.3. The molecule has 1 atom stereocenters. The third-order valence-electron chi connectivity index (χ3n) is 1.10. The number of rotatable bonds is 0. The molecule has 2 amide bonds. The van der Waals surface area contributed by atoms with Crippen LogP contribution in [0.1, 0.15) is 6.42 Å². The lowest BCUT2D eigenvalue weighted by molar-refractivity contribution is -0.134. The van der Waals surface area contributed by atoms with Gasteiger partial charge in [0.2, 0.25) is 5.91 Å². The zero-order chi connectivity index (χ0) is 7.02. The minimum Gasteiger partial charge on any atom is -0.383 e. The summed E-state index contributed by atoms with van der Waals surface area (Å²) in [6.45, 7) is 0. The molecule has 0 aromatic heterocycles. The molecule has 0 aromatic carbocycles. The Labute approximate surface area is 57.0 Å². The summed E-state index contributed by atoms with van der Waals surface area (Å²) in [5.74, 6) is -1.08. The summed E-state index contributed by atoms with van der Waals surface area (Å²) < 4.78 is 0.630. The number of imide groups is 1. The van der Waals surface area contributed by atoms with Crippen LogP contribution in [0.5, 0.6) is 0 Å². The lowest BCUT2D eigenvalue weighted by Crippen LogP contribution is -2.22. The molecule has 0 spiro atoms. The molecule has 0 aliphatic carbocycles. The van der Waals surface area contributed by atoms with Crippen molar-refractivity contribution in [2.45, 2.75) is 12.5 Å². The molecule has 1 N–H and O–H groups in total. The lowest BCUT2D eigenvalue weighted by Gasteiger charge is -2.00. The quantitative estimate of drug-likeness (QED) is 0.339. The fourth-order valence-corrected chi connectivity index (χ4v) is 0.818. The standard InChI is InChI=1S/C4H5NO3S/c6-2-1-3(7)5(9)4(2)8/h2,6,9H,1H2. The number of hydrogen-bond donors (Lipinski definition) is 2. The molecule has 50 valence electrons. The molecule has 1 aliphatic heterocycles. The summed E-state index contributed by atoms with van der Waals surface area (Å²) in [4.78, 5) is 21.0.